The largest absolute Gasteiger partial charge is 0.460 e. The fourth-order valence-corrected chi connectivity index (χ4v) is 4.65. The highest BCUT2D eigenvalue weighted by Crippen LogP contribution is 2.27. The first-order valence-corrected chi connectivity index (χ1v) is 10.9. The van der Waals surface area contributed by atoms with Gasteiger partial charge in [-0.2, -0.15) is 0 Å². The van der Waals surface area contributed by atoms with Gasteiger partial charge in [0.2, 0.25) is 5.91 Å². The fourth-order valence-electron chi connectivity index (χ4n) is 4.46. The van der Waals surface area contributed by atoms with Crippen molar-refractivity contribution in [2.75, 3.05) is 26.2 Å². The van der Waals surface area contributed by atoms with Crippen LogP contribution in [-0.2, 0) is 11.3 Å². The maximum atomic E-state index is 12.3. The van der Waals surface area contributed by atoms with Crippen molar-refractivity contribution in [2.45, 2.75) is 45.1 Å². The van der Waals surface area contributed by atoms with Crippen LogP contribution in [-0.4, -0.2) is 41.9 Å². The number of hydrogen-bond donors (Lipinski definition) is 0. The Morgan fingerprint density at radius 3 is 2.79 bits per heavy atom. The molecule has 5 heteroatoms. The molecule has 3 heterocycles. The normalized spacial score (nSPS) is 20.6. The van der Waals surface area contributed by atoms with Crippen molar-refractivity contribution in [3.63, 3.8) is 0 Å². The number of piperidine rings is 1. The molecule has 1 aromatic carbocycles. The second-order valence-corrected chi connectivity index (χ2v) is 8.58. The van der Waals surface area contributed by atoms with Gasteiger partial charge in [-0.3, -0.25) is 9.69 Å². The van der Waals surface area contributed by atoms with Crippen molar-refractivity contribution in [2.24, 2.45) is 5.92 Å². The quantitative estimate of drug-likeness (QED) is 0.667. The summed E-state index contributed by atoms with van der Waals surface area (Å²) in [6, 6.07) is 11.9. The average Bonchev–Trinajstić information content (AvgIpc) is 3.39. The summed E-state index contributed by atoms with van der Waals surface area (Å²) >= 11 is 6.09. The first kappa shape index (κ1) is 19.5. The van der Waals surface area contributed by atoms with E-state index < -0.39 is 0 Å². The highest BCUT2D eigenvalue weighted by atomic mass is 35.5. The number of likely N-dealkylation sites (tertiary alicyclic amines) is 2. The van der Waals surface area contributed by atoms with Gasteiger partial charge in [0, 0.05) is 36.6 Å². The molecule has 0 bridgehead atoms. The van der Waals surface area contributed by atoms with Crippen LogP contribution in [0.1, 0.15) is 44.3 Å². The maximum Gasteiger partial charge on any atom is 0.222 e. The maximum absolute atomic E-state index is 12.3. The Bertz CT molecular complexity index is 797. The first-order chi connectivity index (χ1) is 13.7. The number of amides is 1. The van der Waals surface area contributed by atoms with E-state index in [-0.39, 0.29) is 0 Å². The zero-order valence-electron chi connectivity index (χ0n) is 16.4. The van der Waals surface area contributed by atoms with Crippen LogP contribution in [0.4, 0.5) is 0 Å². The van der Waals surface area contributed by atoms with Crippen LogP contribution in [0, 0.1) is 5.92 Å². The second kappa shape index (κ2) is 9.15. The van der Waals surface area contributed by atoms with Gasteiger partial charge < -0.3 is 9.32 Å². The third-order valence-corrected chi connectivity index (χ3v) is 6.21. The van der Waals surface area contributed by atoms with Gasteiger partial charge in [0.1, 0.15) is 11.5 Å². The number of halogens is 1. The Hall–Kier alpha value is -1.78. The van der Waals surface area contributed by atoms with Gasteiger partial charge in [-0.25, -0.2) is 0 Å². The lowest BCUT2D eigenvalue weighted by molar-refractivity contribution is -0.130. The predicted octanol–water partition coefficient (Wildman–Crippen LogP) is 5.21. The number of carbonyl (C=O) groups excluding carboxylic acids is 1. The molecule has 2 aliphatic rings. The lowest BCUT2D eigenvalue weighted by Gasteiger charge is -2.32. The lowest BCUT2D eigenvalue weighted by atomic mass is 9.93. The summed E-state index contributed by atoms with van der Waals surface area (Å²) in [5, 5.41) is 0.720. The smallest absolute Gasteiger partial charge is 0.222 e. The molecule has 0 saturated carbocycles. The van der Waals surface area contributed by atoms with Crippen molar-refractivity contribution in [3.8, 4) is 11.3 Å². The molecule has 2 saturated heterocycles. The molecule has 150 valence electrons. The summed E-state index contributed by atoms with van der Waals surface area (Å²) in [5.74, 6) is 2.82. The van der Waals surface area contributed by atoms with E-state index in [0.717, 1.165) is 61.3 Å². The third kappa shape index (κ3) is 4.98. The van der Waals surface area contributed by atoms with Gasteiger partial charge in [-0.05, 0) is 68.8 Å². The minimum absolute atomic E-state index is 0.354. The van der Waals surface area contributed by atoms with E-state index >= 15 is 0 Å². The average molecular weight is 401 g/mol. The molecule has 2 aliphatic heterocycles. The highest BCUT2D eigenvalue weighted by molar-refractivity contribution is 6.30. The van der Waals surface area contributed by atoms with Crippen LogP contribution in [0.5, 0.6) is 0 Å². The predicted molar refractivity (Wildman–Crippen MR) is 112 cm³/mol. The zero-order valence-corrected chi connectivity index (χ0v) is 17.2. The fraction of sp³-hybridized carbons (Fsp3) is 0.522. The first-order valence-electron chi connectivity index (χ1n) is 10.5. The van der Waals surface area contributed by atoms with E-state index in [4.69, 9.17) is 16.0 Å². The Morgan fingerprint density at radius 1 is 1.11 bits per heavy atom. The topological polar surface area (TPSA) is 36.7 Å². The summed E-state index contributed by atoms with van der Waals surface area (Å²) in [4.78, 5) is 16.8. The molecule has 2 fully saturated rings. The lowest BCUT2D eigenvalue weighted by Crippen LogP contribution is -2.35. The Balaban J connectivity index is 1.28. The molecular weight excluding hydrogens is 372 g/mol. The SMILES string of the molecule is O=C(CC[C@H]1CCCN(Cc2ccc(-c3cccc(Cl)c3)o2)C1)N1CCCC1. The van der Waals surface area contributed by atoms with E-state index in [2.05, 4.69) is 11.0 Å². The van der Waals surface area contributed by atoms with Crippen molar-refractivity contribution in [1.82, 2.24) is 9.80 Å². The van der Waals surface area contributed by atoms with Gasteiger partial charge >= 0.3 is 0 Å². The summed E-state index contributed by atoms with van der Waals surface area (Å²) in [6.07, 6.45) is 6.49. The second-order valence-electron chi connectivity index (χ2n) is 8.15. The molecule has 0 radical (unpaired) electrons. The summed E-state index contributed by atoms with van der Waals surface area (Å²) in [5.41, 5.74) is 1.01. The molecule has 2 aromatic rings. The number of furan rings is 1. The minimum Gasteiger partial charge on any atom is -0.460 e. The summed E-state index contributed by atoms with van der Waals surface area (Å²) in [6.45, 7) is 4.91. The minimum atomic E-state index is 0.354. The highest BCUT2D eigenvalue weighted by Gasteiger charge is 2.23. The number of carbonyl (C=O) groups is 1. The number of nitrogens with zero attached hydrogens (tertiary/aromatic N) is 2. The summed E-state index contributed by atoms with van der Waals surface area (Å²) < 4.78 is 6.07. The third-order valence-electron chi connectivity index (χ3n) is 5.98. The Kier molecular flexibility index (Phi) is 6.38. The standard InChI is InChI=1S/C23H29ClN2O2/c24-20-7-3-6-19(15-20)22-10-9-21(28-22)17-25-12-4-5-18(16-25)8-11-23(27)26-13-1-2-14-26/h3,6-7,9-10,15,18H,1-2,4-5,8,11-14,16-17H2/t18-/m1/s1. The van der Waals surface area contributed by atoms with Crippen LogP contribution in [0.2, 0.25) is 5.02 Å². The molecule has 1 aromatic heterocycles. The molecule has 0 N–H and O–H groups in total. The van der Waals surface area contributed by atoms with Gasteiger partial charge in [0.25, 0.3) is 0 Å². The number of hydrogen-bond acceptors (Lipinski definition) is 3. The molecule has 28 heavy (non-hydrogen) atoms. The monoisotopic (exact) mass is 400 g/mol. The molecular formula is C23H29ClN2O2. The van der Waals surface area contributed by atoms with Crippen LogP contribution in [0.25, 0.3) is 11.3 Å². The van der Waals surface area contributed by atoms with Gasteiger partial charge in [-0.1, -0.05) is 23.7 Å². The molecule has 0 spiro atoms. The van der Waals surface area contributed by atoms with Crippen molar-refractivity contribution < 1.29 is 9.21 Å². The van der Waals surface area contributed by atoms with Gasteiger partial charge in [0.15, 0.2) is 0 Å². The van der Waals surface area contributed by atoms with Crippen LogP contribution in [0.3, 0.4) is 0 Å². The van der Waals surface area contributed by atoms with E-state index in [1.807, 2.05) is 35.2 Å². The molecule has 1 atom stereocenters. The van der Waals surface area contributed by atoms with Crippen LogP contribution < -0.4 is 0 Å². The van der Waals surface area contributed by atoms with E-state index in [0.29, 0.717) is 18.2 Å². The summed E-state index contributed by atoms with van der Waals surface area (Å²) in [7, 11) is 0. The molecule has 4 rings (SSSR count). The van der Waals surface area contributed by atoms with E-state index in [1.54, 1.807) is 0 Å². The van der Waals surface area contributed by atoms with Crippen LogP contribution >= 0.6 is 11.6 Å². The Labute approximate surface area is 172 Å². The molecule has 4 nitrogen and oxygen atoms in total. The van der Waals surface area contributed by atoms with Crippen molar-refractivity contribution in [1.29, 1.82) is 0 Å². The zero-order chi connectivity index (χ0) is 19.3. The Morgan fingerprint density at radius 2 is 1.96 bits per heavy atom. The molecule has 0 unspecified atom stereocenters. The number of rotatable bonds is 6. The van der Waals surface area contributed by atoms with Crippen LogP contribution in [0.15, 0.2) is 40.8 Å². The van der Waals surface area contributed by atoms with Gasteiger partial charge in [-0.15, -0.1) is 0 Å². The van der Waals surface area contributed by atoms with E-state index in [1.165, 1.54) is 25.7 Å². The molecule has 0 aliphatic carbocycles. The molecule has 1 amide bonds. The van der Waals surface area contributed by atoms with Gasteiger partial charge in [0.05, 0.1) is 6.54 Å². The van der Waals surface area contributed by atoms with Crippen molar-refractivity contribution in [3.05, 3.63) is 47.2 Å². The van der Waals surface area contributed by atoms with E-state index in [9.17, 15) is 4.79 Å². The van der Waals surface area contributed by atoms with Crippen molar-refractivity contribution >= 4 is 17.5 Å². The number of benzene rings is 1.